The molecule has 0 saturated carbocycles. The van der Waals surface area contributed by atoms with E-state index in [2.05, 4.69) is 65.1 Å². The number of likely N-dealkylation sites (tertiary alicyclic amines) is 1. The van der Waals surface area contributed by atoms with Crippen molar-refractivity contribution in [3.05, 3.63) is 29.8 Å². The van der Waals surface area contributed by atoms with Gasteiger partial charge in [-0.25, -0.2) is 0 Å². The van der Waals surface area contributed by atoms with Crippen molar-refractivity contribution < 1.29 is 9.53 Å². The van der Waals surface area contributed by atoms with Crippen molar-refractivity contribution in [2.45, 2.75) is 46.1 Å². The molecule has 1 amide bonds. The van der Waals surface area contributed by atoms with Crippen molar-refractivity contribution in [1.29, 1.82) is 0 Å². The van der Waals surface area contributed by atoms with Crippen LogP contribution in [0.15, 0.2) is 29.3 Å². The van der Waals surface area contributed by atoms with Gasteiger partial charge in [-0.15, -0.1) is 24.0 Å². The number of carbonyl (C=O) groups is 1. The lowest BCUT2D eigenvalue weighted by Gasteiger charge is -2.39. The Labute approximate surface area is 216 Å². The SMILES string of the molecule is CN=C(NCCc1ccc(OCC(C)C)cc1)N1CCN(C(C)C(=O)N2CCCC2)CC1.I. The van der Waals surface area contributed by atoms with E-state index in [0.717, 1.165) is 83.4 Å². The minimum absolute atomic E-state index is 0. The summed E-state index contributed by atoms with van der Waals surface area (Å²) in [6.07, 6.45) is 3.22. The number of amides is 1. The van der Waals surface area contributed by atoms with Gasteiger partial charge in [-0.2, -0.15) is 0 Å². The van der Waals surface area contributed by atoms with Crippen LogP contribution in [0.4, 0.5) is 0 Å². The predicted molar refractivity (Wildman–Crippen MR) is 146 cm³/mol. The first-order valence-corrected chi connectivity index (χ1v) is 12.2. The zero-order chi connectivity index (χ0) is 22.9. The number of piperazine rings is 1. The van der Waals surface area contributed by atoms with Crippen LogP contribution in [0.5, 0.6) is 5.75 Å². The third-order valence-electron chi connectivity index (χ3n) is 6.35. The smallest absolute Gasteiger partial charge is 0.239 e. The molecule has 1 aromatic rings. The molecule has 33 heavy (non-hydrogen) atoms. The van der Waals surface area contributed by atoms with Gasteiger partial charge in [0.15, 0.2) is 5.96 Å². The number of carbonyl (C=O) groups excluding carboxylic acids is 1. The molecule has 186 valence electrons. The molecule has 7 nitrogen and oxygen atoms in total. The number of guanidine groups is 1. The van der Waals surface area contributed by atoms with Gasteiger partial charge in [-0.05, 0) is 49.8 Å². The van der Waals surface area contributed by atoms with E-state index < -0.39 is 0 Å². The van der Waals surface area contributed by atoms with Crippen LogP contribution in [0.2, 0.25) is 0 Å². The maximum absolute atomic E-state index is 12.7. The van der Waals surface area contributed by atoms with Crippen LogP contribution in [-0.4, -0.2) is 92.1 Å². The van der Waals surface area contributed by atoms with Crippen LogP contribution in [-0.2, 0) is 11.2 Å². The third-order valence-corrected chi connectivity index (χ3v) is 6.35. The van der Waals surface area contributed by atoms with Crippen LogP contribution in [0.3, 0.4) is 0 Å². The van der Waals surface area contributed by atoms with Crippen molar-refractivity contribution in [2.24, 2.45) is 10.9 Å². The molecule has 1 aromatic carbocycles. The van der Waals surface area contributed by atoms with Gasteiger partial charge >= 0.3 is 0 Å². The molecule has 2 aliphatic rings. The fourth-order valence-electron chi connectivity index (χ4n) is 4.35. The second-order valence-corrected chi connectivity index (χ2v) is 9.30. The van der Waals surface area contributed by atoms with Crippen molar-refractivity contribution >= 4 is 35.8 Å². The van der Waals surface area contributed by atoms with E-state index >= 15 is 0 Å². The maximum Gasteiger partial charge on any atom is 0.239 e. The Morgan fingerprint density at radius 1 is 1.00 bits per heavy atom. The summed E-state index contributed by atoms with van der Waals surface area (Å²) in [7, 11) is 1.84. The summed E-state index contributed by atoms with van der Waals surface area (Å²) in [4.78, 5) is 23.8. The molecule has 8 heteroatoms. The maximum atomic E-state index is 12.7. The molecule has 3 rings (SSSR count). The summed E-state index contributed by atoms with van der Waals surface area (Å²) < 4.78 is 5.76. The summed E-state index contributed by atoms with van der Waals surface area (Å²) in [6, 6.07) is 8.35. The van der Waals surface area contributed by atoms with Gasteiger partial charge in [0, 0.05) is 52.9 Å². The average Bonchev–Trinajstić information content (AvgIpc) is 3.35. The highest BCUT2D eigenvalue weighted by Gasteiger charge is 2.30. The summed E-state index contributed by atoms with van der Waals surface area (Å²) in [5, 5.41) is 3.50. The Morgan fingerprint density at radius 3 is 2.21 bits per heavy atom. The van der Waals surface area contributed by atoms with Gasteiger partial charge in [-0.3, -0.25) is 14.7 Å². The number of hydrogen-bond donors (Lipinski definition) is 1. The molecule has 0 spiro atoms. The fraction of sp³-hybridized carbons (Fsp3) is 0.680. The minimum Gasteiger partial charge on any atom is -0.493 e. The van der Waals surface area contributed by atoms with Gasteiger partial charge in [0.25, 0.3) is 0 Å². The highest BCUT2D eigenvalue weighted by molar-refractivity contribution is 14.0. The number of benzene rings is 1. The van der Waals surface area contributed by atoms with Crippen LogP contribution in [0.1, 0.15) is 39.2 Å². The predicted octanol–water partition coefficient (Wildman–Crippen LogP) is 3.09. The number of nitrogens with one attached hydrogen (secondary N) is 1. The van der Waals surface area contributed by atoms with Gasteiger partial charge in [0.1, 0.15) is 5.75 Å². The van der Waals surface area contributed by atoms with Crippen LogP contribution >= 0.6 is 24.0 Å². The van der Waals surface area contributed by atoms with E-state index in [0.29, 0.717) is 11.8 Å². The second-order valence-electron chi connectivity index (χ2n) is 9.30. The Hall–Kier alpha value is -1.55. The zero-order valence-electron chi connectivity index (χ0n) is 20.8. The zero-order valence-corrected chi connectivity index (χ0v) is 23.1. The molecule has 2 aliphatic heterocycles. The van der Waals surface area contributed by atoms with Gasteiger partial charge in [0.05, 0.1) is 12.6 Å². The van der Waals surface area contributed by atoms with Crippen molar-refractivity contribution in [3.63, 3.8) is 0 Å². The molecule has 0 bridgehead atoms. The summed E-state index contributed by atoms with van der Waals surface area (Å²) in [5.41, 5.74) is 1.28. The second kappa shape index (κ2) is 14.0. The van der Waals surface area contributed by atoms with E-state index in [1.807, 2.05) is 11.9 Å². The lowest BCUT2D eigenvalue weighted by Crippen LogP contribution is -2.57. The molecule has 2 fully saturated rings. The Bertz CT molecular complexity index is 742. The summed E-state index contributed by atoms with van der Waals surface area (Å²) in [6.45, 7) is 13.3. The number of aliphatic imine (C=N–C) groups is 1. The number of halogens is 1. The molecule has 0 aliphatic carbocycles. The fourth-order valence-corrected chi connectivity index (χ4v) is 4.35. The minimum atomic E-state index is -0.0299. The molecule has 1 unspecified atom stereocenters. The average molecular weight is 572 g/mol. The molecular weight excluding hydrogens is 529 g/mol. The number of hydrogen-bond acceptors (Lipinski definition) is 4. The van der Waals surface area contributed by atoms with E-state index in [1.165, 1.54) is 5.56 Å². The largest absolute Gasteiger partial charge is 0.493 e. The first kappa shape index (κ1) is 27.7. The third kappa shape index (κ3) is 8.31. The highest BCUT2D eigenvalue weighted by Crippen LogP contribution is 2.15. The normalized spacial score (nSPS) is 18.3. The van der Waals surface area contributed by atoms with Crippen molar-refractivity contribution in [2.75, 3.05) is 59.5 Å². The van der Waals surface area contributed by atoms with E-state index in [9.17, 15) is 4.79 Å². The molecule has 1 N–H and O–H groups in total. The standard InChI is InChI=1S/C25H41N5O2.HI/c1-20(2)19-32-23-9-7-22(8-10-23)11-12-27-25(26-4)30-17-15-28(16-18-30)21(3)24(31)29-13-5-6-14-29;/h7-10,20-21H,5-6,11-19H2,1-4H3,(H,26,27);1H. The van der Waals surface area contributed by atoms with E-state index in [-0.39, 0.29) is 30.0 Å². The number of rotatable bonds is 8. The summed E-state index contributed by atoms with van der Waals surface area (Å²) >= 11 is 0. The van der Waals surface area contributed by atoms with E-state index in [4.69, 9.17) is 4.74 Å². The first-order valence-electron chi connectivity index (χ1n) is 12.2. The highest BCUT2D eigenvalue weighted by atomic mass is 127. The molecule has 0 aromatic heterocycles. The number of ether oxygens (including phenoxy) is 1. The van der Waals surface area contributed by atoms with E-state index in [1.54, 1.807) is 0 Å². The summed E-state index contributed by atoms with van der Waals surface area (Å²) in [5.74, 6) is 2.70. The Morgan fingerprint density at radius 2 is 1.64 bits per heavy atom. The first-order chi connectivity index (χ1) is 15.5. The Kier molecular flexibility index (Phi) is 11.7. The molecular formula is C25H42IN5O2. The Balaban J connectivity index is 0.00000385. The van der Waals surface area contributed by atoms with Crippen molar-refractivity contribution in [3.8, 4) is 5.75 Å². The molecule has 0 radical (unpaired) electrons. The topological polar surface area (TPSA) is 60.4 Å². The van der Waals surface area contributed by atoms with Gasteiger partial charge in [-0.1, -0.05) is 26.0 Å². The van der Waals surface area contributed by atoms with Crippen molar-refractivity contribution in [1.82, 2.24) is 20.0 Å². The van der Waals surface area contributed by atoms with Gasteiger partial charge < -0.3 is 19.9 Å². The molecule has 1 atom stereocenters. The van der Waals surface area contributed by atoms with Crippen LogP contribution in [0.25, 0.3) is 0 Å². The molecule has 2 saturated heterocycles. The van der Waals surface area contributed by atoms with Crippen LogP contribution in [0, 0.1) is 5.92 Å². The van der Waals surface area contributed by atoms with Crippen LogP contribution < -0.4 is 10.1 Å². The monoisotopic (exact) mass is 571 g/mol. The van der Waals surface area contributed by atoms with Gasteiger partial charge in [0.2, 0.25) is 5.91 Å². The molecule has 2 heterocycles. The quantitative estimate of drug-likeness (QED) is 0.296. The lowest BCUT2D eigenvalue weighted by molar-refractivity contribution is -0.135. The number of nitrogens with zero attached hydrogens (tertiary/aromatic N) is 4. The lowest BCUT2D eigenvalue weighted by atomic mass is 10.1.